The van der Waals surface area contributed by atoms with E-state index in [9.17, 15) is 0 Å². The van der Waals surface area contributed by atoms with Crippen LogP contribution in [0, 0.1) is 11.3 Å². The van der Waals surface area contributed by atoms with E-state index in [1.165, 1.54) is 12.8 Å². The molecule has 0 spiro atoms. The molecule has 1 aliphatic carbocycles. The highest BCUT2D eigenvalue weighted by Crippen LogP contribution is 2.39. The summed E-state index contributed by atoms with van der Waals surface area (Å²) in [6.07, 6.45) is 3.46. The van der Waals surface area contributed by atoms with Crippen molar-refractivity contribution in [1.82, 2.24) is 0 Å². The molecule has 2 nitrogen and oxygen atoms in total. The molecule has 1 rings (SSSR count). The molecule has 2 atom stereocenters. The molecule has 0 bridgehead atoms. The lowest BCUT2D eigenvalue weighted by Crippen LogP contribution is -2.32. The fourth-order valence-corrected chi connectivity index (χ4v) is 2.75. The Bertz CT molecular complexity index is 220. The van der Waals surface area contributed by atoms with Crippen LogP contribution in [0.15, 0.2) is 5.16 Å². The van der Waals surface area contributed by atoms with Crippen molar-refractivity contribution in [3.63, 3.8) is 0 Å². The molecule has 14 heavy (non-hydrogen) atoms. The predicted octanol–water partition coefficient (Wildman–Crippen LogP) is 3.60. The summed E-state index contributed by atoms with van der Waals surface area (Å²) in [6, 6.07) is 0. The van der Waals surface area contributed by atoms with Crippen LogP contribution in [0.5, 0.6) is 0 Å². The molecule has 0 amide bonds. The quantitative estimate of drug-likeness (QED) is 0.522. The molecule has 0 aromatic rings. The predicted molar refractivity (Wildman–Crippen MR) is 64.0 cm³/mol. The van der Waals surface area contributed by atoms with Gasteiger partial charge in [-0.3, -0.25) is 0 Å². The fraction of sp³-hybridized carbons (Fsp3) is 0.909. The smallest absolute Gasteiger partial charge is 0.106 e. The zero-order valence-corrected chi connectivity index (χ0v) is 11.1. The second kappa shape index (κ2) is 4.65. The van der Waals surface area contributed by atoms with Crippen molar-refractivity contribution in [1.29, 1.82) is 0 Å². The molecule has 0 N–H and O–H groups in total. The molecular formula is C11H20BrNO. The Balaban J connectivity index is 2.60. The van der Waals surface area contributed by atoms with E-state index in [0.717, 1.165) is 18.1 Å². The number of halogens is 1. The Hall–Kier alpha value is -0.0500. The minimum atomic E-state index is 0.403. The van der Waals surface area contributed by atoms with Crippen LogP contribution in [0.3, 0.4) is 0 Å². The molecule has 0 heterocycles. The Morgan fingerprint density at radius 3 is 2.50 bits per heavy atom. The number of hydrogen-bond acceptors (Lipinski definition) is 2. The van der Waals surface area contributed by atoms with Crippen LogP contribution in [-0.2, 0) is 4.84 Å². The van der Waals surface area contributed by atoms with Gasteiger partial charge in [-0.1, -0.05) is 41.9 Å². The standard InChI is InChI=1S/C11H20BrNO/c1-11(2,3)8-5-6-10(13-14-4)9(12)7-8/h8-9H,5-7H2,1-4H3/b13-10+/t8-,9+/m0/s1. The zero-order chi connectivity index (χ0) is 10.8. The zero-order valence-electron chi connectivity index (χ0n) is 9.51. The van der Waals surface area contributed by atoms with Crippen LogP contribution in [0.25, 0.3) is 0 Å². The van der Waals surface area contributed by atoms with Crippen LogP contribution in [0.2, 0.25) is 0 Å². The molecule has 0 aromatic heterocycles. The lowest BCUT2D eigenvalue weighted by atomic mass is 9.72. The summed E-state index contributed by atoms with van der Waals surface area (Å²) in [5.74, 6) is 0.780. The van der Waals surface area contributed by atoms with Gasteiger partial charge in [0, 0.05) is 0 Å². The third kappa shape index (κ3) is 2.97. The van der Waals surface area contributed by atoms with Gasteiger partial charge in [-0.2, -0.15) is 0 Å². The van der Waals surface area contributed by atoms with Crippen molar-refractivity contribution in [3.05, 3.63) is 0 Å². The van der Waals surface area contributed by atoms with Crippen molar-refractivity contribution in [3.8, 4) is 0 Å². The number of nitrogens with zero attached hydrogens (tertiary/aromatic N) is 1. The van der Waals surface area contributed by atoms with Crippen LogP contribution in [-0.4, -0.2) is 17.6 Å². The molecule has 0 aromatic carbocycles. The van der Waals surface area contributed by atoms with Gasteiger partial charge in [0.1, 0.15) is 7.11 Å². The van der Waals surface area contributed by atoms with Crippen molar-refractivity contribution >= 4 is 21.6 Å². The first kappa shape index (κ1) is 12.0. The van der Waals surface area contributed by atoms with Gasteiger partial charge >= 0.3 is 0 Å². The third-order valence-electron chi connectivity index (χ3n) is 3.04. The maximum Gasteiger partial charge on any atom is 0.106 e. The van der Waals surface area contributed by atoms with Gasteiger partial charge in [0.25, 0.3) is 0 Å². The van der Waals surface area contributed by atoms with Crippen molar-refractivity contribution in [2.24, 2.45) is 16.5 Å². The largest absolute Gasteiger partial charge is 0.399 e. The summed E-state index contributed by atoms with van der Waals surface area (Å²) in [4.78, 5) is 5.23. The van der Waals surface area contributed by atoms with E-state index >= 15 is 0 Å². The SMILES string of the molecule is CO/N=C1\CC[C@H](C(C)(C)C)C[C@H]1Br. The second-order valence-corrected chi connectivity index (χ2v) is 6.18. The van der Waals surface area contributed by atoms with E-state index in [1.807, 2.05) is 0 Å². The molecule has 1 fully saturated rings. The van der Waals surface area contributed by atoms with E-state index in [0.29, 0.717) is 10.2 Å². The molecule has 82 valence electrons. The van der Waals surface area contributed by atoms with Crippen molar-refractivity contribution in [2.75, 3.05) is 7.11 Å². The van der Waals surface area contributed by atoms with E-state index < -0.39 is 0 Å². The lowest BCUT2D eigenvalue weighted by molar-refractivity contribution is 0.194. The molecule has 0 aliphatic heterocycles. The van der Waals surface area contributed by atoms with Gasteiger partial charge in [0.2, 0.25) is 0 Å². The maximum absolute atomic E-state index is 4.83. The Morgan fingerprint density at radius 1 is 1.43 bits per heavy atom. The van der Waals surface area contributed by atoms with E-state index in [1.54, 1.807) is 7.11 Å². The summed E-state index contributed by atoms with van der Waals surface area (Å²) in [6.45, 7) is 6.95. The first-order valence-electron chi connectivity index (χ1n) is 5.19. The van der Waals surface area contributed by atoms with Gasteiger partial charge in [0.15, 0.2) is 0 Å². The Morgan fingerprint density at radius 2 is 2.07 bits per heavy atom. The Kier molecular flexibility index (Phi) is 3.99. The lowest BCUT2D eigenvalue weighted by Gasteiger charge is -2.36. The number of alkyl halides is 1. The van der Waals surface area contributed by atoms with Gasteiger partial charge in [-0.25, -0.2) is 0 Å². The molecule has 3 heteroatoms. The molecule has 0 radical (unpaired) electrons. The van der Waals surface area contributed by atoms with Crippen LogP contribution in [0.1, 0.15) is 40.0 Å². The monoisotopic (exact) mass is 261 g/mol. The minimum absolute atomic E-state index is 0.403. The first-order chi connectivity index (χ1) is 6.45. The van der Waals surface area contributed by atoms with E-state index in [-0.39, 0.29) is 0 Å². The summed E-state index contributed by atoms with van der Waals surface area (Å²) in [5, 5.41) is 4.05. The maximum atomic E-state index is 4.83. The van der Waals surface area contributed by atoms with Gasteiger partial charge in [0.05, 0.1) is 10.5 Å². The van der Waals surface area contributed by atoms with Crippen LogP contribution in [0.4, 0.5) is 0 Å². The van der Waals surface area contributed by atoms with Gasteiger partial charge in [-0.05, 0) is 30.6 Å². The molecular weight excluding hydrogens is 242 g/mol. The highest BCUT2D eigenvalue weighted by Gasteiger charge is 2.32. The highest BCUT2D eigenvalue weighted by molar-refractivity contribution is 9.10. The number of oxime groups is 1. The molecule has 1 saturated carbocycles. The molecule has 0 unspecified atom stereocenters. The van der Waals surface area contributed by atoms with E-state index in [2.05, 4.69) is 41.9 Å². The van der Waals surface area contributed by atoms with Crippen LogP contribution >= 0.6 is 15.9 Å². The molecule has 0 saturated heterocycles. The second-order valence-electron chi connectivity index (χ2n) is 5.07. The summed E-state index contributed by atoms with van der Waals surface area (Å²) < 4.78 is 0. The van der Waals surface area contributed by atoms with Crippen LogP contribution < -0.4 is 0 Å². The summed E-state index contributed by atoms with van der Waals surface area (Å²) in [7, 11) is 1.61. The van der Waals surface area contributed by atoms with E-state index in [4.69, 9.17) is 4.84 Å². The Labute approximate surface area is 95.2 Å². The summed E-state index contributed by atoms with van der Waals surface area (Å²) >= 11 is 3.68. The number of hydrogen-bond donors (Lipinski definition) is 0. The first-order valence-corrected chi connectivity index (χ1v) is 6.10. The topological polar surface area (TPSA) is 21.6 Å². The molecule has 1 aliphatic rings. The fourth-order valence-electron chi connectivity index (χ4n) is 1.99. The summed E-state index contributed by atoms with van der Waals surface area (Å²) in [5.41, 5.74) is 1.57. The average Bonchev–Trinajstić information content (AvgIpc) is 2.07. The van der Waals surface area contributed by atoms with Gasteiger partial charge in [-0.15, -0.1) is 0 Å². The minimum Gasteiger partial charge on any atom is -0.399 e. The highest BCUT2D eigenvalue weighted by atomic mass is 79.9. The van der Waals surface area contributed by atoms with Crippen molar-refractivity contribution in [2.45, 2.75) is 44.9 Å². The third-order valence-corrected chi connectivity index (χ3v) is 3.94. The normalized spacial score (nSPS) is 31.9. The van der Waals surface area contributed by atoms with Crippen molar-refractivity contribution < 1.29 is 4.84 Å². The number of rotatable bonds is 1. The van der Waals surface area contributed by atoms with Gasteiger partial charge < -0.3 is 4.84 Å². The average molecular weight is 262 g/mol.